The molecule has 0 saturated carbocycles. The molecule has 0 unspecified atom stereocenters. The van der Waals surface area contributed by atoms with Crippen LogP contribution in [0.4, 0.5) is 0 Å². The van der Waals surface area contributed by atoms with Gasteiger partial charge in [0.25, 0.3) is 0 Å². The summed E-state index contributed by atoms with van der Waals surface area (Å²) in [5.74, 6) is 0. The summed E-state index contributed by atoms with van der Waals surface area (Å²) in [5.41, 5.74) is 3.04. The molecule has 0 saturated heterocycles. The average molecular weight is 387 g/mol. The van der Waals surface area contributed by atoms with Gasteiger partial charge in [0.05, 0.1) is 0 Å². The molecule has 1 nitrogen and oxygen atoms in total. The Morgan fingerprint density at radius 3 is 2.36 bits per heavy atom. The van der Waals surface area contributed by atoms with Crippen molar-refractivity contribution in [3.8, 4) is 0 Å². The third kappa shape index (κ3) is 3.03. The Kier molecular flexibility index (Phi) is 4.53. The molecule has 1 rings (SSSR count). The molecule has 0 spiro atoms. The van der Waals surface area contributed by atoms with E-state index in [9.17, 15) is 0 Å². The summed E-state index contributed by atoms with van der Waals surface area (Å²) in [6, 6.07) is 6.80. The van der Waals surface area contributed by atoms with Crippen molar-refractivity contribution in [2.75, 3.05) is 14.1 Å². The fourth-order valence-electron chi connectivity index (χ4n) is 1.67. The van der Waals surface area contributed by atoms with Crippen molar-refractivity contribution in [2.24, 2.45) is 0 Å². The molecule has 0 fully saturated rings. The fourth-order valence-corrected chi connectivity index (χ4v) is 6.33. The molecule has 1 aromatic carbocycles. The van der Waals surface area contributed by atoms with Gasteiger partial charge < -0.3 is 0 Å². The Morgan fingerprint density at radius 2 is 1.86 bits per heavy atom. The first kappa shape index (κ1) is 12.1. The topological polar surface area (TPSA) is 3.24 Å². The SMILES string of the molecule is Cc1c(CN(C)C)ccc[c]1[Bi]([CH3])[CH3]. The zero-order valence-electron chi connectivity index (χ0n) is 9.83. The number of rotatable bonds is 3. The molecule has 0 aliphatic heterocycles. The standard InChI is InChI=1S/C10H14N.2CH3.Bi/c1-9-6-4-5-7-10(9)8-11(2)3;;;/h4-5,7H,8H2,1-3H3;2*1H3;. The monoisotopic (exact) mass is 387 g/mol. The maximum atomic E-state index is 2.46. The van der Waals surface area contributed by atoms with E-state index in [1.54, 1.807) is 8.83 Å². The first-order valence-corrected chi connectivity index (χ1v) is 13.6. The molecule has 0 aromatic heterocycles. The molecule has 0 N–H and O–H groups in total. The van der Waals surface area contributed by atoms with Crippen molar-refractivity contribution in [3.63, 3.8) is 0 Å². The zero-order valence-corrected chi connectivity index (χ0v) is 13.3. The van der Waals surface area contributed by atoms with Crippen LogP contribution in [0.2, 0.25) is 9.26 Å². The number of hydrogen-bond donors (Lipinski definition) is 0. The van der Waals surface area contributed by atoms with E-state index < -0.39 is 21.8 Å². The molecule has 14 heavy (non-hydrogen) atoms. The van der Waals surface area contributed by atoms with Crippen LogP contribution in [-0.4, -0.2) is 40.7 Å². The Hall–Kier alpha value is 0.0631. The second kappa shape index (κ2) is 5.23. The maximum absolute atomic E-state index is 2.46. The predicted octanol–water partition coefficient (Wildman–Crippen LogP) is 2.02. The van der Waals surface area contributed by atoms with E-state index in [0.29, 0.717) is 0 Å². The average Bonchev–Trinajstić information content (AvgIpc) is 2.07. The van der Waals surface area contributed by atoms with Gasteiger partial charge in [-0.05, 0) is 0 Å². The minimum atomic E-state index is -1.26. The zero-order chi connectivity index (χ0) is 10.7. The molecule has 0 amide bonds. The van der Waals surface area contributed by atoms with E-state index in [1.165, 1.54) is 5.56 Å². The summed E-state index contributed by atoms with van der Waals surface area (Å²) in [5, 5.41) is 0. The van der Waals surface area contributed by atoms with Gasteiger partial charge in [0, 0.05) is 0 Å². The molecule has 0 aliphatic rings. The summed E-state index contributed by atoms with van der Waals surface area (Å²) >= 11 is -1.26. The van der Waals surface area contributed by atoms with Crippen LogP contribution in [0.25, 0.3) is 0 Å². The second-order valence-electron chi connectivity index (χ2n) is 4.19. The molecule has 1 aromatic rings. The van der Waals surface area contributed by atoms with Gasteiger partial charge >= 0.3 is 96.1 Å². The molecular formula is C12H20BiN. The van der Waals surface area contributed by atoms with Crippen LogP contribution in [-0.2, 0) is 6.54 Å². The Balaban J connectivity index is 3.01. The Bertz CT molecular complexity index is 305. The van der Waals surface area contributed by atoms with Crippen LogP contribution in [0.15, 0.2) is 18.2 Å². The van der Waals surface area contributed by atoms with Crippen LogP contribution in [0.1, 0.15) is 11.1 Å². The molecular weight excluding hydrogens is 367 g/mol. The van der Waals surface area contributed by atoms with Crippen molar-refractivity contribution in [1.29, 1.82) is 0 Å². The third-order valence-corrected chi connectivity index (χ3v) is 8.02. The van der Waals surface area contributed by atoms with Gasteiger partial charge in [-0.15, -0.1) is 0 Å². The van der Waals surface area contributed by atoms with Gasteiger partial charge in [-0.3, -0.25) is 0 Å². The quantitative estimate of drug-likeness (QED) is 0.718. The third-order valence-electron chi connectivity index (χ3n) is 2.39. The van der Waals surface area contributed by atoms with Gasteiger partial charge in [0.1, 0.15) is 0 Å². The fraction of sp³-hybridized carbons (Fsp3) is 0.500. The van der Waals surface area contributed by atoms with E-state index in [0.717, 1.165) is 6.54 Å². The van der Waals surface area contributed by atoms with E-state index in [4.69, 9.17) is 0 Å². The van der Waals surface area contributed by atoms with Gasteiger partial charge in [-0.2, -0.15) is 0 Å². The number of benzene rings is 1. The van der Waals surface area contributed by atoms with E-state index in [2.05, 4.69) is 53.4 Å². The molecule has 0 atom stereocenters. The van der Waals surface area contributed by atoms with Gasteiger partial charge in [0.2, 0.25) is 0 Å². The van der Waals surface area contributed by atoms with Crippen molar-refractivity contribution < 1.29 is 0 Å². The van der Waals surface area contributed by atoms with Crippen LogP contribution in [0.5, 0.6) is 0 Å². The minimum absolute atomic E-state index is 1.07. The van der Waals surface area contributed by atoms with Crippen LogP contribution >= 0.6 is 0 Å². The Morgan fingerprint density at radius 1 is 1.21 bits per heavy atom. The van der Waals surface area contributed by atoms with Crippen molar-refractivity contribution >= 4 is 25.0 Å². The molecule has 0 aliphatic carbocycles. The van der Waals surface area contributed by atoms with Crippen molar-refractivity contribution in [2.45, 2.75) is 22.7 Å². The van der Waals surface area contributed by atoms with Crippen molar-refractivity contribution in [1.82, 2.24) is 4.90 Å². The van der Waals surface area contributed by atoms with Gasteiger partial charge in [0.15, 0.2) is 0 Å². The summed E-state index contributed by atoms with van der Waals surface area (Å²) in [7, 11) is 4.26. The number of hydrogen-bond acceptors (Lipinski definition) is 1. The van der Waals surface area contributed by atoms with Gasteiger partial charge in [-0.25, -0.2) is 0 Å². The normalized spacial score (nSPS) is 11.4. The van der Waals surface area contributed by atoms with E-state index in [1.807, 2.05) is 0 Å². The second-order valence-corrected chi connectivity index (χ2v) is 13.0. The first-order valence-electron chi connectivity index (χ1n) is 4.93. The van der Waals surface area contributed by atoms with E-state index >= 15 is 0 Å². The molecule has 0 radical (unpaired) electrons. The summed E-state index contributed by atoms with van der Waals surface area (Å²) < 4.78 is 6.59. The molecule has 0 heterocycles. The van der Waals surface area contributed by atoms with E-state index in [-0.39, 0.29) is 0 Å². The van der Waals surface area contributed by atoms with Crippen LogP contribution < -0.4 is 3.27 Å². The predicted molar refractivity (Wildman–Crippen MR) is 65.7 cm³/mol. The molecule has 2 heteroatoms. The summed E-state index contributed by atoms with van der Waals surface area (Å²) in [6.07, 6.45) is 0. The number of nitrogens with zero attached hydrogens (tertiary/aromatic N) is 1. The summed E-state index contributed by atoms with van der Waals surface area (Å²) in [6.45, 7) is 3.35. The molecule has 0 bridgehead atoms. The Labute approximate surface area is 95.8 Å². The van der Waals surface area contributed by atoms with Crippen LogP contribution in [0, 0.1) is 6.92 Å². The first-order chi connectivity index (χ1) is 6.52. The van der Waals surface area contributed by atoms with Gasteiger partial charge in [-0.1, -0.05) is 0 Å². The van der Waals surface area contributed by atoms with Crippen LogP contribution in [0.3, 0.4) is 0 Å². The summed E-state index contributed by atoms with van der Waals surface area (Å²) in [4.78, 5) is 2.24. The van der Waals surface area contributed by atoms with Crippen molar-refractivity contribution in [3.05, 3.63) is 29.3 Å². The molecule has 78 valence electrons.